The van der Waals surface area contributed by atoms with E-state index in [-0.39, 0.29) is 11.7 Å². The number of para-hydroxylation sites is 3. The number of carbonyl (C=O) groups excluding carboxylic acids is 1. The average Bonchev–Trinajstić information content (AvgIpc) is 2.88. The molecule has 176 valence electrons. The van der Waals surface area contributed by atoms with E-state index in [4.69, 9.17) is 4.74 Å². The van der Waals surface area contributed by atoms with Crippen LogP contribution in [0.15, 0.2) is 77.9 Å². The largest absolute Gasteiger partial charge is 0.872 e. The predicted molar refractivity (Wildman–Crippen MR) is 132 cm³/mol. The number of amides is 1. The summed E-state index contributed by atoms with van der Waals surface area (Å²) in [7, 11) is 1.71. The number of quaternary nitrogens is 1. The van der Waals surface area contributed by atoms with Gasteiger partial charge in [0.2, 0.25) is 0 Å². The van der Waals surface area contributed by atoms with Crippen LogP contribution in [-0.2, 0) is 6.54 Å². The number of rotatable bonds is 7. The Labute approximate surface area is 200 Å². The molecule has 1 aliphatic rings. The number of hydrazone groups is 1. The monoisotopic (exact) mass is 458 g/mol. The molecule has 0 aromatic heterocycles. The van der Waals surface area contributed by atoms with E-state index in [9.17, 15) is 9.90 Å². The fourth-order valence-corrected chi connectivity index (χ4v) is 4.22. The van der Waals surface area contributed by atoms with Gasteiger partial charge in [-0.15, -0.1) is 0 Å². The maximum atomic E-state index is 12.5. The zero-order valence-corrected chi connectivity index (χ0v) is 19.6. The third kappa shape index (κ3) is 5.55. The summed E-state index contributed by atoms with van der Waals surface area (Å²) >= 11 is 0. The van der Waals surface area contributed by atoms with Crippen molar-refractivity contribution in [1.82, 2.24) is 5.43 Å². The van der Waals surface area contributed by atoms with Crippen molar-refractivity contribution in [2.75, 3.05) is 38.2 Å². The summed E-state index contributed by atoms with van der Waals surface area (Å²) in [5.74, 6) is 0.497. The van der Waals surface area contributed by atoms with E-state index in [1.54, 1.807) is 32.2 Å². The highest BCUT2D eigenvalue weighted by atomic mass is 16.5. The second-order valence-electron chi connectivity index (χ2n) is 8.42. The minimum Gasteiger partial charge on any atom is -0.872 e. The first kappa shape index (κ1) is 23.3. The maximum Gasteiger partial charge on any atom is 0.271 e. The number of carbonyl (C=O) groups is 1. The summed E-state index contributed by atoms with van der Waals surface area (Å²) in [6.45, 7) is 6.64. The lowest BCUT2D eigenvalue weighted by atomic mass is 10.1. The van der Waals surface area contributed by atoms with E-state index >= 15 is 0 Å². The average molecular weight is 459 g/mol. The van der Waals surface area contributed by atoms with Crippen molar-refractivity contribution in [3.8, 4) is 11.5 Å². The summed E-state index contributed by atoms with van der Waals surface area (Å²) < 4.78 is 5.51. The van der Waals surface area contributed by atoms with Crippen molar-refractivity contribution in [1.29, 1.82) is 0 Å². The molecule has 1 amide bonds. The maximum absolute atomic E-state index is 12.5. The Morgan fingerprint density at radius 3 is 2.41 bits per heavy atom. The molecular formula is C27H30N4O3. The highest BCUT2D eigenvalue weighted by molar-refractivity contribution is 6.02. The Morgan fingerprint density at radius 1 is 1.03 bits per heavy atom. The molecule has 34 heavy (non-hydrogen) atoms. The first-order chi connectivity index (χ1) is 16.5. The normalized spacial score (nSPS) is 14.6. The predicted octanol–water partition coefficient (Wildman–Crippen LogP) is 1.83. The molecule has 3 aromatic carbocycles. The van der Waals surface area contributed by atoms with E-state index in [1.807, 2.05) is 42.5 Å². The molecule has 4 rings (SSSR count). The fraction of sp³-hybridized carbons (Fsp3) is 0.259. The van der Waals surface area contributed by atoms with Crippen molar-refractivity contribution in [2.45, 2.75) is 13.5 Å². The fourth-order valence-electron chi connectivity index (χ4n) is 4.22. The molecule has 1 saturated heterocycles. The van der Waals surface area contributed by atoms with Gasteiger partial charge in [0.1, 0.15) is 12.3 Å². The highest BCUT2D eigenvalue weighted by Gasteiger charge is 2.22. The second-order valence-corrected chi connectivity index (χ2v) is 8.42. The molecule has 0 unspecified atom stereocenters. The van der Waals surface area contributed by atoms with Crippen LogP contribution in [0.2, 0.25) is 0 Å². The Morgan fingerprint density at radius 2 is 1.71 bits per heavy atom. The van der Waals surface area contributed by atoms with Crippen LogP contribution in [0.4, 0.5) is 5.69 Å². The Hall–Kier alpha value is -3.84. The van der Waals surface area contributed by atoms with Crippen LogP contribution in [0.1, 0.15) is 28.4 Å². The first-order valence-electron chi connectivity index (χ1n) is 11.5. The summed E-state index contributed by atoms with van der Waals surface area (Å²) in [4.78, 5) is 16.4. The number of benzene rings is 3. The van der Waals surface area contributed by atoms with Gasteiger partial charge in [-0.2, -0.15) is 5.10 Å². The summed E-state index contributed by atoms with van der Waals surface area (Å²) in [5, 5.41) is 16.0. The van der Waals surface area contributed by atoms with E-state index in [0.717, 1.165) is 44.2 Å². The number of nitrogens with zero attached hydrogens (tertiary/aromatic N) is 2. The number of piperazine rings is 1. The molecular weight excluding hydrogens is 428 g/mol. The molecule has 0 radical (unpaired) electrons. The van der Waals surface area contributed by atoms with Gasteiger partial charge in [-0.25, -0.2) is 5.43 Å². The van der Waals surface area contributed by atoms with Gasteiger partial charge < -0.3 is 19.6 Å². The lowest BCUT2D eigenvalue weighted by Gasteiger charge is -2.34. The molecule has 1 fully saturated rings. The highest BCUT2D eigenvalue weighted by Crippen LogP contribution is 2.27. The summed E-state index contributed by atoms with van der Waals surface area (Å²) in [6.07, 6.45) is 0. The minimum atomic E-state index is -0.299. The zero-order chi connectivity index (χ0) is 23.9. The van der Waals surface area contributed by atoms with Gasteiger partial charge in [0.15, 0.2) is 0 Å². The first-order valence-corrected chi connectivity index (χ1v) is 11.5. The number of anilines is 1. The van der Waals surface area contributed by atoms with E-state index in [1.165, 1.54) is 16.5 Å². The molecule has 0 aliphatic carbocycles. The van der Waals surface area contributed by atoms with Crippen molar-refractivity contribution in [3.63, 3.8) is 0 Å². The molecule has 1 heterocycles. The molecule has 7 heteroatoms. The molecule has 3 aromatic rings. The summed E-state index contributed by atoms with van der Waals surface area (Å²) in [5.41, 5.74) is 6.38. The Kier molecular flexibility index (Phi) is 7.44. The van der Waals surface area contributed by atoms with Crippen LogP contribution in [0.3, 0.4) is 0 Å². The van der Waals surface area contributed by atoms with Crippen LogP contribution in [0.25, 0.3) is 0 Å². The smallest absolute Gasteiger partial charge is 0.271 e. The molecule has 0 saturated carbocycles. The van der Waals surface area contributed by atoms with Gasteiger partial charge >= 0.3 is 0 Å². The second kappa shape index (κ2) is 10.9. The molecule has 1 aliphatic heterocycles. The quantitative estimate of drug-likeness (QED) is 0.418. The van der Waals surface area contributed by atoms with Crippen LogP contribution in [-0.4, -0.2) is 44.9 Å². The van der Waals surface area contributed by atoms with Crippen molar-refractivity contribution in [2.24, 2.45) is 5.10 Å². The van der Waals surface area contributed by atoms with Gasteiger partial charge in [0.25, 0.3) is 5.91 Å². The zero-order valence-electron chi connectivity index (χ0n) is 19.6. The number of hydrogen-bond donors (Lipinski definition) is 2. The van der Waals surface area contributed by atoms with Crippen LogP contribution in [0, 0.1) is 0 Å². The van der Waals surface area contributed by atoms with Gasteiger partial charge in [0.05, 0.1) is 44.7 Å². The van der Waals surface area contributed by atoms with Crippen LogP contribution in [0.5, 0.6) is 11.5 Å². The van der Waals surface area contributed by atoms with Crippen LogP contribution < -0.4 is 25.1 Å². The molecule has 2 N–H and O–H groups in total. The molecule has 0 spiro atoms. The Bertz CT molecular complexity index is 1150. The van der Waals surface area contributed by atoms with Gasteiger partial charge in [-0.1, -0.05) is 54.3 Å². The number of hydrogen-bond acceptors (Lipinski definition) is 5. The lowest BCUT2D eigenvalue weighted by Crippen LogP contribution is -3.13. The van der Waals surface area contributed by atoms with Gasteiger partial charge in [0, 0.05) is 11.1 Å². The SMILES string of the molecule is COc1ccccc1N1CC[NH+](Cc2ccc(C(=O)N/N=C(\C)c3ccccc3[O-])cc2)CC1. The van der Waals surface area contributed by atoms with Crippen molar-refractivity contribution < 1.29 is 19.5 Å². The minimum absolute atomic E-state index is 0.117. The molecule has 0 atom stereocenters. The van der Waals surface area contributed by atoms with E-state index in [0.29, 0.717) is 16.8 Å². The van der Waals surface area contributed by atoms with E-state index in [2.05, 4.69) is 21.5 Å². The topological polar surface area (TPSA) is 81.4 Å². The Balaban J connectivity index is 1.30. The number of nitrogens with one attached hydrogen (secondary N) is 2. The standard InChI is InChI=1S/C27H30N4O3/c1-20(23-7-3-5-9-25(23)32)28-29-27(33)22-13-11-21(12-14-22)19-30-15-17-31(18-16-30)24-8-4-6-10-26(24)34-2/h3-14,32H,15-19H2,1-2H3,(H,29,33)/b28-20+. The van der Waals surface area contributed by atoms with Crippen molar-refractivity contribution >= 4 is 17.3 Å². The third-order valence-corrected chi connectivity index (χ3v) is 6.17. The molecule has 7 nitrogen and oxygen atoms in total. The lowest BCUT2D eigenvalue weighted by molar-refractivity contribution is -0.914. The third-order valence-electron chi connectivity index (χ3n) is 6.17. The van der Waals surface area contributed by atoms with Gasteiger partial charge in [-0.3, -0.25) is 4.79 Å². The van der Waals surface area contributed by atoms with Gasteiger partial charge in [-0.05, 0) is 36.8 Å². The van der Waals surface area contributed by atoms with Crippen LogP contribution >= 0.6 is 0 Å². The van der Waals surface area contributed by atoms with E-state index < -0.39 is 0 Å². The number of methoxy groups -OCH3 is 1. The molecule has 0 bridgehead atoms. The van der Waals surface area contributed by atoms with Crippen molar-refractivity contribution in [3.05, 3.63) is 89.5 Å². The number of ether oxygens (including phenoxy) is 1. The summed E-state index contributed by atoms with van der Waals surface area (Å²) in [6, 6.07) is 22.4.